The van der Waals surface area contributed by atoms with Crippen LogP contribution in [0, 0.1) is 28.6 Å². The van der Waals surface area contributed by atoms with Gasteiger partial charge in [-0.1, -0.05) is 20.8 Å². The quantitative estimate of drug-likeness (QED) is 0.654. The molecule has 3 saturated carbocycles. The molecule has 6 atom stereocenters. The van der Waals surface area contributed by atoms with Gasteiger partial charge < -0.3 is 9.47 Å². The first-order valence-corrected chi connectivity index (χ1v) is 8.50. The van der Waals surface area contributed by atoms with E-state index in [9.17, 15) is 0 Å². The Hall–Kier alpha value is -0.0800. The summed E-state index contributed by atoms with van der Waals surface area (Å²) < 4.78 is 12.8. The smallest absolute Gasteiger partial charge is 0.164 e. The summed E-state index contributed by atoms with van der Waals surface area (Å²) in [6, 6.07) is 0. The van der Waals surface area contributed by atoms with E-state index < -0.39 is 5.79 Å². The molecule has 1 heterocycles. The van der Waals surface area contributed by atoms with Gasteiger partial charge in [-0.2, -0.15) is 0 Å². The lowest BCUT2D eigenvalue weighted by molar-refractivity contribution is -0.177. The number of ether oxygens (including phenoxy) is 2. The van der Waals surface area contributed by atoms with Gasteiger partial charge in [-0.05, 0) is 75.0 Å². The maximum Gasteiger partial charge on any atom is 0.164 e. The van der Waals surface area contributed by atoms with E-state index in [1.807, 2.05) is 0 Å². The lowest BCUT2D eigenvalue weighted by atomic mass is 9.63. The zero-order valence-electron chi connectivity index (χ0n) is 14.0. The molecule has 1 spiro atoms. The summed E-state index contributed by atoms with van der Waals surface area (Å²) in [4.78, 5) is 0. The zero-order valence-corrected chi connectivity index (χ0v) is 14.0. The van der Waals surface area contributed by atoms with E-state index >= 15 is 0 Å². The van der Waals surface area contributed by atoms with E-state index in [0.29, 0.717) is 22.9 Å². The first-order valence-electron chi connectivity index (χ1n) is 8.50. The normalized spacial score (nSPS) is 58.5. The maximum atomic E-state index is 6.48. The lowest BCUT2D eigenvalue weighted by Gasteiger charge is -2.47. The Bertz CT molecular complexity index is 454. The fraction of sp³-hybridized carbons (Fsp3) is 1.00. The molecule has 1 aliphatic heterocycles. The molecule has 0 aromatic heterocycles. The topological polar surface area (TPSA) is 18.5 Å². The summed E-state index contributed by atoms with van der Waals surface area (Å²) in [5.41, 5.74) is 0.836. The minimum atomic E-state index is -0.409. The Morgan fingerprint density at radius 1 is 0.900 bits per heavy atom. The Morgan fingerprint density at radius 3 is 2.30 bits per heavy atom. The number of hydrogen-bond donors (Lipinski definition) is 0. The van der Waals surface area contributed by atoms with Crippen molar-refractivity contribution in [3.63, 3.8) is 0 Å². The maximum absolute atomic E-state index is 6.48. The molecular weight excluding hydrogens is 248 g/mol. The third kappa shape index (κ3) is 1.34. The van der Waals surface area contributed by atoms with Crippen LogP contribution >= 0.6 is 0 Å². The molecule has 4 rings (SSSR count). The minimum Gasteiger partial charge on any atom is -0.344 e. The van der Waals surface area contributed by atoms with Crippen LogP contribution in [0.5, 0.6) is 0 Å². The van der Waals surface area contributed by atoms with E-state index in [4.69, 9.17) is 9.47 Å². The SMILES string of the molecule is C[C@@H]1CC[C@H]2C(C)(C)[C@H]3C[C@@]12C[C@H]1OC(C)(C)O[C@@]31C. The van der Waals surface area contributed by atoms with Crippen molar-refractivity contribution in [2.75, 3.05) is 0 Å². The van der Waals surface area contributed by atoms with Crippen molar-refractivity contribution < 1.29 is 9.47 Å². The van der Waals surface area contributed by atoms with Crippen molar-refractivity contribution in [1.82, 2.24) is 0 Å². The summed E-state index contributed by atoms with van der Waals surface area (Å²) in [6.45, 7) is 14.0. The standard InChI is InChI=1S/C18H30O2/c1-11-7-8-12-15(2,3)13-9-18(11,12)10-14-17(13,6)20-16(4,5)19-14/h11-14H,7-10H2,1-6H3/t11-,12+,13-,14-,17+,18-/m1/s1. The molecular formula is C18H30O2. The fourth-order valence-electron chi connectivity index (χ4n) is 7.01. The highest BCUT2D eigenvalue weighted by Crippen LogP contribution is 2.75. The van der Waals surface area contributed by atoms with Crippen molar-refractivity contribution in [3.05, 3.63) is 0 Å². The molecule has 2 bridgehead atoms. The van der Waals surface area contributed by atoms with Crippen LogP contribution in [-0.4, -0.2) is 17.5 Å². The monoisotopic (exact) mass is 278 g/mol. The molecule has 0 unspecified atom stereocenters. The minimum absolute atomic E-state index is 0.0810. The molecule has 0 radical (unpaired) electrons. The number of fused-ring (bicyclic) bond motifs is 3. The molecule has 0 aromatic carbocycles. The van der Waals surface area contributed by atoms with Gasteiger partial charge in [0.2, 0.25) is 0 Å². The van der Waals surface area contributed by atoms with Crippen LogP contribution < -0.4 is 0 Å². The van der Waals surface area contributed by atoms with E-state index in [1.54, 1.807) is 0 Å². The lowest BCUT2D eigenvalue weighted by Crippen LogP contribution is -2.52. The van der Waals surface area contributed by atoms with Crippen molar-refractivity contribution >= 4 is 0 Å². The second-order valence-corrected chi connectivity index (χ2v) is 9.34. The molecule has 114 valence electrons. The molecule has 0 aromatic rings. The Morgan fingerprint density at radius 2 is 1.60 bits per heavy atom. The van der Waals surface area contributed by atoms with Crippen molar-refractivity contribution in [2.24, 2.45) is 28.6 Å². The van der Waals surface area contributed by atoms with Gasteiger partial charge in [0.25, 0.3) is 0 Å². The van der Waals surface area contributed by atoms with Crippen molar-refractivity contribution in [2.45, 2.75) is 84.7 Å². The Labute approximate surface area is 123 Å². The third-order valence-corrected chi connectivity index (χ3v) is 7.73. The fourth-order valence-corrected chi connectivity index (χ4v) is 7.01. The van der Waals surface area contributed by atoms with E-state index in [2.05, 4.69) is 41.5 Å². The predicted molar refractivity (Wildman–Crippen MR) is 79.3 cm³/mol. The molecule has 20 heavy (non-hydrogen) atoms. The van der Waals surface area contributed by atoms with Crippen LogP contribution in [0.3, 0.4) is 0 Å². The molecule has 1 saturated heterocycles. The number of hydrogen-bond acceptors (Lipinski definition) is 2. The van der Waals surface area contributed by atoms with Gasteiger partial charge in [0, 0.05) is 0 Å². The summed E-state index contributed by atoms with van der Waals surface area (Å²) in [6.07, 6.45) is 5.70. The van der Waals surface area contributed by atoms with E-state index in [1.165, 1.54) is 25.7 Å². The zero-order chi connectivity index (χ0) is 14.6. The molecule has 2 nitrogen and oxygen atoms in total. The average molecular weight is 278 g/mol. The molecule has 0 amide bonds. The molecule has 4 fully saturated rings. The van der Waals surface area contributed by atoms with Crippen LogP contribution in [0.4, 0.5) is 0 Å². The molecule has 0 N–H and O–H groups in total. The average Bonchev–Trinajstić information content (AvgIpc) is 2.80. The highest BCUT2D eigenvalue weighted by Gasteiger charge is 2.73. The Balaban J connectivity index is 1.82. The first kappa shape index (κ1) is 13.6. The van der Waals surface area contributed by atoms with Crippen LogP contribution in [0.1, 0.15) is 67.2 Å². The third-order valence-electron chi connectivity index (χ3n) is 7.73. The second-order valence-electron chi connectivity index (χ2n) is 9.34. The van der Waals surface area contributed by atoms with Gasteiger partial charge in [-0.3, -0.25) is 0 Å². The first-order chi connectivity index (χ1) is 9.12. The molecule has 2 heteroatoms. The van der Waals surface area contributed by atoms with Crippen LogP contribution in [0.2, 0.25) is 0 Å². The summed E-state index contributed by atoms with van der Waals surface area (Å²) >= 11 is 0. The van der Waals surface area contributed by atoms with Gasteiger partial charge in [-0.25, -0.2) is 0 Å². The summed E-state index contributed by atoms with van der Waals surface area (Å²) in [5.74, 6) is 1.96. The van der Waals surface area contributed by atoms with E-state index in [0.717, 1.165) is 11.8 Å². The van der Waals surface area contributed by atoms with Crippen molar-refractivity contribution in [3.8, 4) is 0 Å². The van der Waals surface area contributed by atoms with Gasteiger partial charge in [0.1, 0.15) is 0 Å². The summed E-state index contributed by atoms with van der Waals surface area (Å²) in [7, 11) is 0. The number of rotatable bonds is 0. The Kier molecular flexibility index (Phi) is 2.35. The van der Waals surface area contributed by atoms with Gasteiger partial charge >= 0.3 is 0 Å². The molecule has 3 aliphatic carbocycles. The van der Waals surface area contributed by atoms with Crippen LogP contribution in [0.15, 0.2) is 0 Å². The van der Waals surface area contributed by atoms with Gasteiger partial charge in [0.15, 0.2) is 5.79 Å². The molecule has 4 aliphatic rings. The highest BCUT2D eigenvalue weighted by molar-refractivity contribution is 5.21. The van der Waals surface area contributed by atoms with Gasteiger partial charge in [-0.15, -0.1) is 0 Å². The van der Waals surface area contributed by atoms with E-state index in [-0.39, 0.29) is 5.60 Å². The predicted octanol–water partition coefficient (Wildman–Crippen LogP) is 4.38. The van der Waals surface area contributed by atoms with Gasteiger partial charge in [0.05, 0.1) is 11.7 Å². The largest absolute Gasteiger partial charge is 0.344 e. The second kappa shape index (κ2) is 3.46. The van der Waals surface area contributed by atoms with Crippen LogP contribution in [-0.2, 0) is 9.47 Å². The summed E-state index contributed by atoms with van der Waals surface area (Å²) in [5, 5.41) is 0. The highest BCUT2D eigenvalue weighted by atomic mass is 16.8. The van der Waals surface area contributed by atoms with Crippen molar-refractivity contribution in [1.29, 1.82) is 0 Å². The van der Waals surface area contributed by atoms with Crippen LogP contribution in [0.25, 0.3) is 0 Å².